The molecule has 3 N–H and O–H groups in total. The van der Waals surface area contributed by atoms with Crippen molar-refractivity contribution < 1.29 is 14.0 Å². The molecule has 0 aliphatic carbocycles. The average molecular weight is 478 g/mol. The molecule has 1 fully saturated rings. The van der Waals surface area contributed by atoms with E-state index in [1.54, 1.807) is 30.3 Å². The molecule has 32 heavy (non-hydrogen) atoms. The molecule has 2 aromatic carbocycles. The van der Waals surface area contributed by atoms with Crippen LogP contribution in [0.3, 0.4) is 0 Å². The Morgan fingerprint density at radius 1 is 1.28 bits per heavy atom. The lowest BCUT2D eigenvalue weighted by Gasteiger charge is -2.40. The quantitative estimate of drug-likeness (QED) is 0.590. The van der Waals surface area contributed by atoms with Crippen molar-refractivity contribution in [1.29, 1.82) is 0 Å². The van der Waals surface area contributed by atoms with Gasteiger partial charge >= 0.3 is 0 Å². The minimum Gasteiger partial charge on any atom is -0.326 e. The second kappa shape index (κ2) is 8.75. The molecule has 2 heterocycles. The molecule has 5 nitrogen and oxygen atoms in total. The van der Waals surface area contributed by atoms with Crippen LogP contribution in [0.1, 0.15) is 43.7 Å². The number of carbonyl (C=O) groups is 2. The number of benzene rings is 2. The first-order chi connectivity index (χ1) is 15.2. The van der Waals surface area contributed by atoms with E-state index in [0.717, 1.165) is 12.7 Å². The number of rotatable bonds is 6. The number of aldehydes is 1. The predicted molar refractivity (Wildman–Crippen MR) is 125 cm³/mol. The van der Waals surface area contributed by atoms with Crippen molar-refractivity contribution in [2.75, 3.05) is 11.9 Å². The smallest absolute Gasteiger partial charge is 0.250 e. The lowest BCUT2D eigenvalue weighted by molar-refractivity contribution is -0.128. The second-order valence-electron chi connectivity index (χ2n) is 8.95. The van der Waals surface area contributed by atoms with Gasteiger partial charge in [-0.1, -0.05) is 55.2 Å². The Kier molecular flexibility index (Phi) is 6.34. The van der Waals surface area contributed by atoms with Gasteiger partial charge in [0.05, 0.1) is 5.02 Å². The van der Waals surface area contributed by atoms with Gasteiger partial charge in [0.1, 0.15) is 17.6 Å². The lowest BCUT2D eigenvalue weighted by Crippen LogP contribution is -2.52. The summed E-state index contributed by atoms with van der Waals surface area (Å²) < 4.78 is 15.4. The Hall–Kier alpha value is -1.99. The molecule has 1 amide bonds. The lowest BCUT2D eigenvalue weighted by atomic mass is 9.73. The first-order valence-corrected chi connectivity index (χ1v) is 11.5. The van der Waals surface area contributed by atoms with E-state index in [2.05, 4.69) is 19.2 Å². The number of nitrogens with zero attached hydrogens (tertiary/aromatic N) is 1. The summed E-state index contributed by atoms with van der Waals surface area (Å²) >= 11 is 12.3. The van der Waals surface area contributed by atoms with Crippen LogP contribution in [0.4, 0.5) is 10.1 Å². The van der Waals surface area contributed by atoms with E-state index in [9.17, 15) is 9.59 Å². The van der Waals surface area contributed by atoms with Crippen molar-refractivity contribution in [2.24, 2.45) is 11.7 Å². The predicted octanol–water partition coefficient (Wildman–Crippen LogP) is 4.71. The molecule has 8 heteroatoms. The van der Waals surface area contributed by atoms with E-state index in [0.29, 0.717) is 28.7 Å². The molecule has 0 saturated carbocycles. The molecule has 1 saturated heterocycles. The van der Waals surface area contributed by atoms with Gasteiger partial charge in [-0.05, 0) is 36.1 Å². The SMILES string of the molecule is CC(C)CCN1[C@@H](CC=O)[C@@H](N)[C@H](c2cccc(Cl)c2F)[C@]12C(=O)Nc1cc(Cl)ccc12. The highest BCUT2D eigenvalue weighted by atomic mass is 35.5. The highest BCUT2D eigenvalue weighted by molar-refractivity contribution is 6.31. The van der Waals surface area contributed by atoms with Crippen LogP contribution in [0, 0.1) is 11.7 Å². The summed E-state index contributed by atoms with van der Waals surface area (Å²) in [5, 5.41) is 3.38. The molecule has 0 bridgehead atoms. The van der Waals surface area contributed by atoms with Crippen LogP contribution in [0.25, 0.3) is 0 Å². The molecule has 1 spiro atoms. The summed E-state index contributed by atoms with van der Waals surface area (Å²) in [4.78, 5) is 27.4. The van der Waals surface area contributed by atoms with Crippen molar-refractivity contribution in [1.82, 2.24) is 4.90 Å². The van der Waals surface area contributed by atoms with E-state index in [4.69, 9.17) is 28.9 Å². The van der Waals surface area contributed by atoms with Crippen molar-refractivity contribution in [3.63, 3.8) is 0 Å². The third kappa shape index (κ3) is 3.45. The summed E-state index contributed by atoms with van der Waals surface area (Å²) in [5.41, 5.74) is 6.99. The van der Waals surface area contributed by atoms with Crippen molar-refractivity contribution >= 4 is 41.1 Å². The zero-order valence-corrected chi connectivity index (χ0v) is 19.5. The zero-order chi connectivity index (χ0) is 23.2. The highest BCUT2D eigenvalue weighted by Gasteiger charge is 2.66. The molecular weight excluding hydrogens is 452 g/mol. The molecule has 2 aliphatic heterocycles. The monoisotopic (exact) mass is 477 g/mol. The van der Waals surface area contributed by atoms with E-state index in [1.165, 1.54) is 6.07 Å². The van der Waals surface area contributed by atoms with E-state index < -0.39 is 29.4 Å². The largest absolute Gasteiger partial charge is 0.326 e. The number of hydrogen-bond acceptors (Lipinski definition) is 4. The standard InChI is InChI=1S/C24H26Cl2FN3O2/c1-13(2)8-10-30-19(9-11-31)22(28)20(15-4-3-5-17(26)21(15)27)24(30)16-7-6-14(25)12-18(16)29-23(24)32/h3-7,11-13,19-20,22H,8-10,28H2,1-2H3,(H,29,32)/t19-,20-,22+,24+/m0/s1. The summed E-state index contributed by atoms with van der Waals surface area (Å²) in [6.07, 6.45) is 1.73. The molecule has 0 aromatic heterocycles. The van der Waals surface area contributed by atoms with Gasteiger partial charge in [-0.2, -0.15) is 0 Å². The van der Waals surface area contributed by atoms with Crippen LogP contribution >= 0.6 is 23.2 Å². The van der Waals surface area contributed by atoms with Gasteiger partial charge in [0.2, 0.25) is 5.91 Å². The third-order valence-corrected chi connectivity index (χ3v) is 7.25. The molecule has 2 aromatic rings. The van der Waals surface area contributed by atoms with Crippen LogP contribution in [-0.4, -0.2) is 35.7 Å². The molecule has 4 rings (SSSR count). The van der Waals surface area contributed by atoms with Gasteiger partial charge in [-0.3, -0.25) is 9.69 Å². The molecule has 4 atom stereocenters. The molecular formula is C24H26Cl2FN3O2. The first-order valence-electron chi connectivity index (χ1n) is 10.7. The maximum absolute atomic E-state index is 15.4. The number of hydrogen-bond donors (Lipinski definition) is 2. The van der Waals surface area contributed by atoms with Gasteiger partial charge in [-0.15, -0.1) is 0 Å². The Balaban J connectivity index is 2.00. The molecule has 2 aliphatic rings. The second-order valence-corrected chi connectivity index (χ2v) is 9.80. The van der Waals surface area contributed by atoms with Gasteiger partial charge in [0.15, 0.2) is 0 Å². The highest BCUT2D eigenvalue weighted by Crippen LogP contribution is 2.57. The Bertz CT molecular complexity index is 1060. The van der Waals surface area contributed by atoms with Gasteiger partial charge in [-0.25, -0.2) is 4.39 Å². The Morgan fingerprint density at radius 3 is 2.72 bits per heavy atom. The summed E-state index contributed by atoms with van der Waals surface area (Å²) in [6, 6.07) is 8.83. The Morgan fingerprint density at radius 2 is 2.03 bits per heavy atom. The van der Waals surface area contributed by atoms with Crippen LogP contribution in [0.5, 0.6) is 0 Å². The number of likely N-dealkylation sites (tertiary alicyclic amines) is 1. The molecule has 0 radical (unpaired) electrons. The number of nitrogens with one attached hydrogen (secondary N) is 1. The van der Waals surface area contributed by atoms with Crippen LogP contribution in [0.15, 0.2) is 36.4 Å². The van der Waals surface area contributed by atoms with Gasteiger partial charge in [0, 0.05) is 47.2 Å². The normalized spacial score (nSPS) is 27.2. The summed E-state index contributed by atoms with van der Waals surface area (Å²) in [5.74, 6) is -1.29. The fourth-order valence-electron chi connectivity index (χ4n) is 5.35. The number of halogens is 3. The maximum Gasteiger partial charge on any atom is 0.250 e. The van der Waals surface area contributed by atoms with Crippen LogP contribution < -0.4 is 11.1 Å². The fraction of sp³-hybridized carbons (Fsp3) is 0.417. The third-order valence-electron chi connectivity index (χ3n) is 6.72. The Labute approximate surface area is 197 Å². The number of anilines is 1. The first kappa shape index (κ1) is 23.2. The van der Waals surface area contributed by atoms with Gasteiger partial charge in [0.25, 0.3) is 0 Å². The van der Waals surface area contributed by atoms with E-state index >= 15 is 4.39 Å². The van der Waals surface area contributed by atoms with Crippen molar-refractivity contribution in [3.8, 4) is 0 Å². The minimum absolute atomic E-state index is 0.0350. The summed E-state index contributed by atoms with van der Waals surface area (Å²) in [7, 11) is 0. The molecule has 0 unspecified atom stereocenters. The van der Waals surface area contributed by atoms with Gasteiger partial charge < -0.3 is 15.8 Å². The molecule has 170 valence electrons. The maximum atomic E-state index is 15.4. The van der Waals surface area contributed by atoms with Crippen molar-refractivity contribution in [2.45, 2.75) is 50.2 Å². The van der Waals surface area contributed by atoms with Crippen LogP contribution in [-0.2, 0) is 15.1 Å². The number of carbonyl (C=O) groups excluding carboxylic acids is 2. The summed E-state index contributed by atoms with van der Waals surface area (Å²) in [6.45, 7) is 4.71. The zero-order valence-electron chi connectivity index (χ0n) is 17.9. The van der Waals surface area contributed by atoms with E-state index in [-0.39, 0.29) is 22.9 Å². The number of fused-ring (bicyclic) bond motifs is 2. The number of nitrogens with two attached hydrogens (primary N) is 1. The van der Waals surface area contributed by atoms with E-state index in [1.807, 2.05) is 4.90 Å². The average Bonchev–Trinajstić information content (AvgIpc) is 3.14. The van der Waals surface area contributed by atoms with Crippen LogP contribution in [0.2, 0.25) is 10.0 Å². The number of amides is 1. The topological polar surface area (TPSA) is 75.4 Å². The fourth-order valence-corrected chi connectivity index (χ4v) is 5.70. The van der Waals surface area contributed by atoms with Crippen molar-refractivity contribution in [3.05, 3.63) is 63.4 Å². The minimum atomic E-state index is -1.28.